The predicted octanol–water partition coefficient (Wildman–Crippen LogP) is 1.08. The lowest BCUT2D eigenvalue weighted by Crippen LogP contribution is -2.55. The molecule has 0 bridgehead atoms. The maximum atomic E-state index is 11.5. The van der Waals surface area contributed by atoms with Crippen LogP contribution < -0.4 is 5.73 Å². The first-order valence-corrected chi connectivity index (χ1v) is 5.53. The summed E-state index contributed by atoms with van der Waals surface area (Å²) in [4.78, 5) is 25.7. The number of carboxylic acids is 1. The summed E-state index contributed by atoms with van der Waals surface area (Å²) < 4.78 is 0. The van der Waals surface area contributed by atoms with Gasteiger partial charge in [-0.1, -0.05) is 18.2 Å². The number of fused-ring (bicyclic) bond motifs is 1. The number of nitrogens with two attached hydrogens (primary N) is 1. The summed E-state index contributed by atoms with van der Waals surface area (Å²) in [6.45, 7) is 1.20. The Balaban J connectivity index is 2.44. The second-order valence-electron chi connectivity index (χ2n) is 4.37. The number of aromatic nitrogens is 1. The van der Waals surface area contributed by atoms with Gasteiger partial charge >= 0.3 is 5.97 Å². The fourth-order valence-corrected chi connectivity index (χ4v) is 1.93. The highest BCUT2D eigenvalue weighted by Crippen LogP contribution is 2.22. The van der Waals surface area contributed by atoms with E-state index < -0.39 is 17.3 Å². The molecular formula is C13H14N2O3. The number of Topliss-reactive ketones (excluding diaryl/α,β-unsaturated/α-hetero) is 1. The van der Waals surface area contributed by atoms with Crippen LogP contribution in [0.2, 0.25) is 0 Å². The van der Waals surface area contributed by atoms with E-state index in [0.29, 0.717) is 0 Å². The number of para-hydroxylation sites is 1. The highest BCUT2D eigenvalue weighted by molar-refractivity contribution is 6.07. The molecule has 2 aromatic rings. The number of H-pyrrole nitrogens is 1. The average Bonchev–Trinajstić information content (AvgIpc) is 2.72. The quantitative estimate of drug-likeness (QED) is 0.703. The number of aromatic amines is 1. The summed E-state index contributed by atoms with van der Waals surface area (Å²) >= 11 is 0. The van der Waals surface area contributed by atoms with E-state index in [9.17, 15) is 9.59 Å². The van der Waals surface area contributed by atoms with E-state index in [-0.39, 0.29) is 6.42 Å². The van der Waals surface area contributed by atoms with Gasteiger partial charge in [-0.25, -0.2) is 4.79 Å². The molecule has 1 heterocycles. The molecule has 0 radical (unpaired) electrons. The second kappa shape index (κ2) is 4.27. The summed E-state index contributed by atoms with van der Waals surface area (Å²) in [6, 6.07) is 7.47. The number of hydrogen-bond acceptors (Lipinski definition) is 3. The monoisotopic (exact) mass is 246 g/mol. The lowest BCUT2D eigenvalue weighted by atomic mass is 9.88. The molecule has 0 fully saturated rings. The highest BCUT2D eigenvalue weighted by Gasteiger charge is 2.39. The fourth-order valence-electron chi connectivity index (χ4n) is 1.93. The topological polar surface area (TPSA) is 96.2 Å². The smallest absolute Gasteiger partial charge is 0.331 e. The van der Waals surface area contributed by atoms with Gasteiger partial charge in [0.05, 0.1) is 0 Å². The van der Waals surface area contributed by atoms with Crippen LogP contribution in [0.5, 0.6) is 0 Å². The third-order valence-electron chi connectivity index (χ3n) is 3.15. The number of benzene rings is 1. The van der Waals surface area contributed by atoms with Crippen LogP contribution in [0.3, 0.4) is 0 Å². The van der Waals surface area contributed by atoms with Crippen molar-refractivity contribution in [2.45, 2.75) is 18.9 Å². The van der Waals surface area contributed by atoms with Crippen molar-refractivity contribution < 1.29 is 14.7 Å². The lowest BCUT2D eigenvalue weighted by molar-refractivity contribution is -0.147. The Labute approximate surface area is 104 Å². The molecule has 1 aromatic carbocycles. The van der Waals surface area contributed by atoms with Crippen molar-refractivity contribution in [2.75, 3.05) is 0 Å². The van der Waals surface area contributed by atoms with Crippen molar-refractivity contribution >= 4 is 22.7 Å². The molecule has 0 aliphatic heterocycles. The zero-order valence-electron chi connectivity index (χ0n) is 9.93. The van der Waals surface area contributed by atoms with Crippen LogP contribution in [0, 0.1) is 0 Å². The Morgan fingerprint density at radius 3 is 2.67 bits per heavy atom. The zero-order valence-corrected chi connectivity index (χ0v) is 9.93. The van der Waals surface area contributed by atoms with Crippen LogP contribution in [-0.2, 0) is 16.0 Å². The predicted molar refractivity (Wildman–Crippen MR) is 67.2 cm³/mol. The first kappa shape index (κ1) is 12.3. The molecule has 5 heteroatoms. The molecule has 0 unspecified atom stereocenters. The first-order valence-electron chi connectivity index (χ1n) is 5.53. The van der Waals surface area contributed by atoms with Gasteiger partial charge in [-0.3, -0.25) is 4.79 Å². The fraction of sp³-hybridized carbons (Fsp3) is 0.231. The van der Waals surface area contributed by atoms with Crippen molar-refractivity contribution in [3.8, 4) is 0 Å². The first-order chi connectivity index (χ1) is 8.45. The minimum absolute atomic E-state index is 0.0261. The molecule has 0 aliphatic carbocycles. The zero-order chi connectivity index (χ0) is 13.3. The van der Waals surface area contributed by atoms with Crippen molar-refractivity contribution in [1.29, 1.82) is 0 Å². The molecule has 5 nitrogen and oxygen atoms in total. The van der Waals surface area contributed by atoms with E-state index in [1.165, 1.54) is 6.92 Å². The number of nitrogens with one attached hydrogen (secondary N) is 1. The number of ketones is 1. The summed E-state index contributed by atoms with van der Waals surface area (Å²) in [5.74, 6) is -1.86. The SMILES string of the molecule is CC(=O)[C@](N)(Cc1c[nH]c2ccccc12)C(=O)O. The van der Waals surface area contributed by atoms with Crippen molar-refractivity contribution in [2.24, 2.45) is 5.73 Å². The van der Waals surface area contributed by atoms with Crippen LogP contribution in [0.1, 0.15) is 12.5 Å². The number of carbonyl (C=O) groups excluding carboxylic acids is 1. The Morgan fingerprint density at radius 2 is 2.06 bits per heavy atom. The van der Waals surface area contributed by atoms with Crippen LogP contribution in [0.4, 0.5) is 0 Å². The number of carbonyl (C=O) groups is 2. The Kier molecular flexibility index (Phi) is 2.92. The molecule has 0 saturated carbocycles. The standard InChI is InChI=1S/C13H14N2O3/c1-8(16)13(14,12(17)18)6-9-7-15-11-5-3-2-4-10(9)11/h2-5,7,15H,6,14H2,1H3,(H,17,18)/t13-/m1/s1. The molecule has 0 saturated heterocycles. The van der Waals surface area contributed by atoms with E-state index in [4.69, 9.17) is 10.8 Å². The van der Waals surface area contributed by atoms with Gasteiger partial charge in [0.1, 0.15) is 0 Å². The van der Waals surface area contributed by atoms with Gasteiger partial charge < -0.3 is 15.8 Å². The van der Waals surface area contributed by atoms with E-state index in [1.807, 2.05) is 24.3 Å². The number of aliphatic carboxylic acids is 1. The lowest BCUT2D eigenvalue weighted by Gasteiger charge is -2.20. The second-order valence-corrected chi connectivity index (χ2v) is 4.37. The van der Waals surface area contributed by atoms with Gasteiger partial charge in [-0.05, 0) is 18.6 Å². The van der Waals surface area contributed by atoms with Gasteiger partial charge in [0.25, 0.3) is 0 Å². The van der Waals surface area contributed by atoms with Crippen LogP contribution in [0.25, 0.3) is 10.9 Å². The number of carboxylic acid groups (broad SMARTS) is 1. The molecule has 1 atom stereocenters. The van der Waals surface area contributed by atoms with Crippen molar-refractivity contribution in [1.82, 2.24) is 4.98 Å². The molecule has 0 aliphatic rings. The number of hydrogen-bond donors (Lipinski definition) is 3. The van der Waals surface area contributed by atoms with E-state index in [0.717, 1.165) is 16.5 Å². The van der Waals surface area contributed by atoms with E-state index >= 15 is 0 Å². The molecule has 18 heavy (non-hydrogen) atoms. The molecule has 2 rings (SSSR count). The van der Waals surface area contributed by atoms with Gasteiger partial charge in [-0.15, -0.1) is 0 Å². The molecule has 0 spiro atoms. The summed E-state index contributed by atoms with van der Waals surface area (Å²) in [5.41, 5.74) is 5.45. The van der Waals surface area contributed by atoms with Gasteiger partial charge in [0.15, 0.2) is 11.3 Å². The van der Waals surface area contributed by atoms with Crippen molar-refractivity contribution in [3.05, 3.63) is 36.0 Å². The molecule has 1 aromatic heterocycles. The van der Waals surface area contributed by atoms with Crippen LogP contribution in [0.15, 0.2) is 30.5 Å². The van der Waals surface area contributed by atoms with E-state index in [1.54, 1.807) is 6.20 Å². The minimum atomic E-state index is -1.87. The summed E-state index contributed by atoms with van der Waals surface area (Å²) in [5, 5.41) is 10.0. The van der Waals surface area contributed by atoms with Gasteiger partial charge in [0.2, 0.25) is 0 Å². The third-order valence-corrected chi connectivity index (χ3v) is 3.15. The largest absolute Gasteiger partial charge is 0.480 e. The van der Waals surface area contributed by atoms with Gasteiger partial charge in [0, 0.05) is 23.5 Å². The maximum absolute atomic E-state index is 11.5. The minimum Gasteiger partial charge on any atom is -0.480 e. The Hall–Kier alpha value is -2.14. The molecule has 0 amide bonds. The number of rotatable bonds is 4. The Morgan fingerprint density at radius 1 is 1.39 bits per heavy atom. The van der Waals surface area contributed by atoms with E-state index in [2.05, 4.69) is 4.98 Å². The summed E-state index contributed by atoms with van der Waals surface area (Å²) in [7, 11) is 0. The average molecular weight is 246 g/mol. The summed E-state index contributed by atoms with van der Waals surface area (Å²) in [6.07, 6.45) is 1.67. The van der Waals surface area contributed by atoms with Gasteiger partial charge in [-0.2, -0.15) is 0 Å². The molecule has 4 N–H and O–H groups in total. The maximum Gasteiger partial charge on any atom is 0.331 e. The normalized spacial score (nSPS) is 14.3. The Bertz CT molecular complexity index is 601. The third kappa shape index (κ3) is 1.89. The van der Waals surface area contributed by atoms with Crippen LogP contribution >= 0.6 is 0 Å². The highest BCUT2D eigenvalue weighted by atomic mass is 16.4. The molecule has 94 valence electrons. The molecular weight excluding hydrogens is 232 g/mol. The van der Waals surface area contributed by atoms with Crippen molar-refractivity contribution in [3.63, 3.8) is 0 Å². The van der Waals surface area contributed by atoms with Crippen LogP contribution in [-0.4, -0.2) is 27.4 Å².